The van der Waals surface area contributed by atoms with Crippen LogP contribution in [0.2, 0.25) is 0 Å². The summed E-state index contributed by atoms with van der Waals surface area (Å²) < 4.78 is 0.819. The number of aliphatic hydroxyl groups excluding tert-OH is 1. The van der Waals surface area contributed by atoms with Crippen LogP contribution in [0.5, 0.6) is 0 Å². The number of rotatable bonds is 1. The van der Waals surface area contributed by atoms with Gasteiger partial charge in [-0.2, -0.15) is 0 Å². The van der Waals surface area contributed by atoms with Gasteiger partial charge in [0.25, 0.3) is 5.91 Å². The summed E-state index contributed by atoms with van der Waals surface area (Å²) in [7, 11) is 0. The number of aliphatic hydroxyl groups is 1. The van der Waals surface area contributed by atoms with Gasteiger partial charge in [-0.15, -0.1) is 0 Å². The number of hydrogen-bond acceptors (Lipinski definition) is 2. The standard InChI is InChI=1S/C14H15BrN2O2/c15-12-10-3-1-2-4-11(10)16-13(12)14(19)17-7-5-9(18)6-8-17/h1-4,9,16,18H,5-8H2. The zero-order valence-electron chi connectivity index (χ0n) is 10.4. The quantitative estimate of drug-likeness (QED) is 0.847. The van der Waals surface area contributed by atoms with Gasteiger partial charge in [0, 0.05) is 24.0 Å². The number of fused-ring (bicyclic) bond motifs is 1. The molecule has 0 saturated carbocycles. The Bertz CT molecular complexity index is 615. The Morgan fingerprint density at radius 1 is 1.32 bits per heavy atom. The lowest BCUT2D eigenvalue weighted by Crippen LogP contribution is -2.40. The molecule has 0 spiro atoms. The van der Waals surface area contributed by atoms with Crippen molar-refractivity contribution >= 4 is 32.7 Å². The van der Waals surface area contributed by atoms with Crippen LogP contribution in [0.15, 0.2) is 28.7 Å². The Morgan fingerprint density at radius 3 is 2.68 bits per heavy atom. The van der Waals surface area contributed by atoms with Crippen molar-refractivity contribution in [2.24, 2.45) is 0 Å². The van der Waals surface area contributed by atoms with E-state index in [2.05, 4.69) is 20.9 Å². The van der Waals surface area contributed by atoms with Crippen LogP contribution < -0.4 is 0 Å². The van der Waals surface area contributed by atoms with E-state index < -0.39 is 0 Å². The van der Waals surface area contributed by atoms with E-state index in [1.54, 1.807) is 4.90 Å². The minimum absolute atomic E-state index is 0.00465. The van der Waals surface area contributed by atoms with E-state index >= 15 is 0 Å². The lowest BCUT2D eigenvalue weighted by molar-refractivity contribution is 0.0541. The van der Waals surface area contributed by atoms with Crippen LogP contribution in [0, 0.1) is 0 Å². The number of piperidine rings is 1. The molecule has 2 aromatic rings. The number of nitrogens with one attached hydrogen (secondary N) is 1. The first-order chi connectivity index (χ1) is 9.16. The third-order valence-corrected chi connectivity index (χ3v) is 4.43. The Labute approximate surface area is 119 Å². The largest absolute Gasteiger partial charge is 0.393 e. The molecule has 1 aliphatic rings. The van der Waals surface area contributed by atoms with E-state index in [0.29, 0.717) is 31.6 Å². The molecule has 1 aromatic heterocycles. The summed E-state index contributed by atoms with van der Waals surface area (Å²) in [4.78, 5) is 17.4. The monoisotopic (exact) mass is 322 g/mol. The number of benzene rings is 1. The van der Waals surface area contributed by atoms with Crippen LogP contribution in [-0.4, -0.2) is 40.1 Å². The molecule has 1 aromatic carbocycles. The molecule has 1 saturated heterocycles. The number of nitrogens with zero attached hydrogens (tertiary/aromatic N) is 1. The minimum atomic E-state index is -0.268. The second-order valence-corrected chi connectivity index (χ2v) is 5.68. The topological polar surface area (TPSA) is 56.3 Å². The lowest BCUT2D eigenvalue weighted by Gasteiger charge is -2.29. The summed E-state index contributed by atoms with van der Waals surface area (Å²) in [6.07, 6.45) is 1.04. The predicted octanol–water partition coefficient (Wildman–Crippen LogP) is 2.53. The van der Waals surface area contributed by atoms with Crippen LogP contribution in [0.4, 0.5) is 0 Å². The Kier molecular flexibility index (Phi) is 3.33. The number of halogens is 1. The number of para-hydroxylation sites is 1. The van der Waals surface area contributed by atoms with E-state index in [1.807, 2.05) is 24.3 Å². The number of H-pyrrole nitrogens is 1. The first-order valence-electron chi connectivity index (χ1n) is 6.40. The average molecular weight is 323 g/mol. The highest BCUT2D eigenvalue weighted by Crippen LogP contribution is 2.29. The predicted molar refractivity (Wildman–Crippen MR) is 77.1 cm³/mol. The van der Waals surface area contributed by atoms with Crippen molar-refractivity contribution in [1.29, 1.82) is 0 Å². The van der Waals surface area contributed by atoms with Crippen LogP contribution >= 0.6 is 15.9 Å². The zero-order chi connectivity index (χ0) is 13.4. The van der Waals surface area contributed by atoms with E-state index in [9.17, 15) is 9.90 Å². The molecule has 0 aliphatic carbocycles. The molecule has 2 N–H and O–H groups in total. The summed E-state index contributed by atoms with van der Waals surface area (Å²) in [6.45, 7) is 1.23. The van der Waals surface area contributed by atoms with Crippen molar-refractivity contribution in [2.75, 3.05) is 13.1 Å². The lowest BCUT2D eigenvalue weighted by atomic mass is 10.1. The number of carbonyl (C=O) groups is 1. The highest BCUT2D eigenvalue weighted by molar-refractivity contribution is 9.10. The highest BCUT2D eigenvalue weighted by Gasteiger charge is 2.25. The van der Waals surface area contributed by atoms with Gasteiger partial charge in [-0.1, -0.05) is 18.2 Å². The van der Waals surface area contributed by atoms with Crippen molar-refractivity contribution < 1.29 is 9.90 Å². The maximum atomic E-state index is 12.5. The maximum Gasteiger partial charge on any atom is 0.271 e. The van der Waals surface area contributed by atoms with Crippen molar-refractivity contribution in [3.05, 3.63) is 34.4 Å². The Morgan fingerprint density at radius 2 is 2.00 bits per heavy atom. The van der Waals surface area contributed by atoms with E-state index in [1.165, 1.54) is 0 Å². The van der Waals surface area contributed by atoms with Crippen molar-refractivity contribution in [1.82, 2.24) is 9.88 Å². The van der Waals surface area contributed by atoms with Crippen LogP contribution in [0.1, 0.15) is 23.3 Å². The molecule has 5 heteroatoms. The van der Waals surface area contributed by atoms with Gasteiger partial charge in [0.2, 0.25) is 0 Å². The zero-order valence-corrected chi connectivity index (χ0v) is 12.0. The molecule has 3 rings (SSSR count). The fourth-order valence-electron chi connectivity index (χ4n) is 2.48. The second-order valence-electron chi connectivity index (χ2n) is 4.88. The molecule has 1 fully saturated rings. The SMILES string of the molecule is O=C(c1[nH]c2ccccc2c1Br)N1CCC(O)CC1. The third kappa shape index (κ3) is 2.28. The molecular weight excluding hydrogens is 308 g/mol. The van der Waals surface area contributed by atoms with E-state index in [0.717, 1.165) is 15.4 Å². The maximum absolute atomic E-state index is 12.5. The number of amides is 1. The molecule has 0 bridgehead atoms. The van der Waals surface area contributed by atoms with Gasteiger partial charge < -0.3 is 15.0 Å². The molecule has 19 heavy (non-hydrogen) atoms. The summed E-state index contributed by atoms with van der Waals surface area (Å²) in [5, 5.41) is 10.5. The molecule has 4 nitrogen and oxygen atoms in total. The number of aromatic nitrogens is 1. The van der Waals surface area contributed by atoms with Gasteiger partial charge in [-0.25, -0.2) is 0 Å². The van der Waals surface area contributed by atoms with E-state index in [-0.39, 0.29) is 12.0 Å². The minimum Gasteiger partial charge on any atom is -0.393 e. The number of likely N-dealkylation sites (tertiary alicyclic amines) is 1. The molecule has 100 valence electrons. The van der Waals surface area contributed by atoms with Crippen molar-refractivity contribution in [3.63, 3.8) is 0 Å². The smallest absolute Gasteiger partial charge is 0.271 e. The average Bonchev–Trinajstić information content (AvgIpc) is 2.77. The van der Waals surface area contributed by atoms with Gasteiger partial charge >= 0.3 is 0 Å². The Balaban J connectivity index is 1.91. The third-order valence-electron chi connectivity index (χ3n) is 3.61. The van der Waals surface area contributed by atoms with Gasteiger partial charge in [-0.3, -0.25) is 4.79 Å². The van der Waals surface area contributed by atoms with Gasteiger partial charge in [0.05, 0.1) is 10.6 Å². The van der Waals surface area contributed by atoms with Crippen LogP contribution in [0.3, 0.4) is 0 Å². The van der Waals surface area contributed by atoms with Crippen LogP contribution in [0.25, 0.3) is 10.9 Å². The summed E-state index contributed by atoms with van der Waals surface area (Å²) >= 11 is 3.50. The molecular formula is C14H15BrN2O2. The molecule has 1 amide bonds. The second kappa shape index (κ2) is 4.98. The van der Waals surface area contributed by atoms with Crippen molar-refractivity contribution in [3.8, 4) is 0 Å². The molecule has 2 heterocycles. The summed E-state index contributed by atoms with van der Waals surface area (Å²) in [5.74, 6) is -0.00465. The highest BCUT2D eigenvalue weighted by atomic mass is 79.9. The van der Waals surface area contributed by atoms with Gasteiger partial charge in [-0.05, 0) is 34.8 Å². The molecule has 0 unspecified atom stereocenters. The fourth-order valence-corrected chi connectivity index (χ4v) is 3.10. The van der Waals surface area contributed by atoms with Gasteiger partial charge in [0.15, 0.2) is 0 Å². The molecule has 1 aliphatic heterocycles. The van der Waals surface area contributed by atoms with E-state index in [4.69, 9.17) is 0 Å². The normalized spacial score (nSPS) is 17.1. The first-order valence-corrected chi connectivity index (χ1v) is 7.19. The summed E-state index contributed by atoms with van der Waals surface area (Å²) in [6, 6.07) is 7.83. The number of hydrogen-bond donors (Lipinski definition) is 2. The molecule has 0 atom stereocenters. The first kappa shape index (κ1) is 12.7. The van der Waals surface area contributed by atoms with Gasteiger partial charge in [0.1, 0.15) is 5.69 Å². The number of carbonyl (C=O) groups excluding carboxylic acids is 1. The fraction of sp³-hybridized carbons (Fsp3) is 0.357. The van der Waals surface area contributed by atoms with Crippen LogP contribution in [-0.2, 0) is 0 Å². The van der Waals surface area contributed by atoms with Crippen molar-refractivity contribution in [2.45, 2.75) is 18.9 Å². The Hall–Kier alpha value is -1.33. The number of aromatic amines is 1. The summed E-state index contributed by atoms with van der Waals surface area (Å²) in [5.41, 5.74) is 1.55. The molecule has 0 radical (unpaired) electrons.